The first-order valence-electron chi connectivity index (χ1n) is 8.34. The van der Waals surface area contributed by atoms with Crippen molar-refractivity contribution in [3.63, 3.8) is 0 Å². The van der Waals surface area contributed by atoms with Crippen LogP contribution in [0.2, 0.25) is 0 Å². The van der Waals surface area contributed by atoms with E-state index in [2.05, 4.69) is 41.3 Å². The molecule has 2 rings (SSSR count). The molecular formula is C16H31N5. The second-order valence-electron chi connectivity index (χ2n) is 6.57. The van der Waals surface area contributed by atoms with Crippen LogP contribution in [-0.4, -0.2) is 51.9 Å². The fourth-order valence-corrected chi connectivity index (χ4v) is 3.73. The molecule has 0 spiro atoms. The third kappa shape index (κ3) is 3.64. The van der Waals surface area contributed by atoms with Gasteiger partial charge in [-0.1, -0.05) is 26.2 Å². The average Bonchev–Trinajstić information content (AvgIpc) is 2.89. The van der Waals surface area contributed by atoms with Crippen LogP contribution in [0.5, 0.6) is 0 Å². The van der Waals surface area contributed by atoms with Crippen LogP contribution in [-0.2, 0) is 13.5 Å². The molecule has 5 nitrogen and oxygen atoms in total. The minimum atomic E-state index is 0.249. The van der Waals surface area contributed by atoms with E-state index in [-0.39, 0.29) is 5.54 Å². The Morgan fingerprint density at radius 2 is 2.05 bits per heavy atom. The van der Waals surface area contributed by atoms with Crippen molar-refractivity contribution in [2.75, 3.05) is 20.6 Å². The van der Waals surface area contributed by atoms with Crippen molar-refractivity contribution in [3.8, 4) is 0 Å². The summed E-state index contributed by atoms with van der Waals surface area (Å²) >= 11 is 0. The standard InChI is InChI=1S/C16H31N5/c1-5-11-17-14(12-15-18-13-19-21(15)4)16(20(2)3)9-7-6-8-10-16/h13-14,17H,5-12H2,1-4H3. The zero-order valence-corrected chi connectivity index (χ0v) is 14.1. The number of hydrogen-bond donors (Lipinski definition) is 1. The topological polar surface area (TPSA) is 46.0 Å². The molecule has 120 valence electrons. The number of hydrogen-bond acceptors (Lipinski definition) is 4. The molecule has 1 aliphatic rings. The molecule has 0 aliphatic heterocycles. The Labute approximate surface area is 129 Å². The van der Waals surface area contributed by atoms with E-state index < -0.39 is 0 Å². The SMILES string of the molecule is CCCNC(Cc1ncnn1C)C1(N(C)C)CCCCC1. The number of nitrogens with one attached hydrogen (secondary N) is 1. The van der Waals surface area contributed by atoms with Crippen molar-refractivity contribution in [2.45, 2.75) is 63.5 Å². The van der Waals surface area contributed by atoms with Gasteiger partial charge in [-0.2, -0.15) is 5.10 Å². The van der Waals surface area contributed by atoms with Crippen molar-refractivity contribution in [1.29, 1.82) is 0 Å². The van der Waals surface area contributed by atoms with Crippen LogP contribution in [0.25, 0.3) is 0 Å². The monoisotopic (exact) mass is 293 g/mol. The summed E-state index contributed by atoms with van der Waals surface area (Å²) in [5.41, 5.74) is 0.249. The maximum Gasteiger partial charge on any atom is 0.138 e. The lowest BCUT2D eigenvalue weighted by Crippen LogP contribution is -2.61. The van der Waals surface area contributed by atoms with Crippen LogP contribution < -0.4 is 5.32 Å². The molecule has 1 unspecified atom stereocenters. The average molecular weight is 293 g/mol. The number of aromatic nitrogens is 3. The molecule has 1 aromatic heterocycles. The van der Waals surface area contributed by atoms with Gasteiger partial charge >= 0.3 is 0 Å². The minimum Gasteiger partial charge on any atom is -0.312 e. The number of rotatable bonds is 7. The summed E-state index contributed by atoms with van der Waals surface area (Å²) in [7, 11) is 6.47. The van der Waals surface area contributed by atoms with E-state index in [0.29, 0.717) is 6.04 Å². The van der Waals surface area contributed by atoms with Gasteiger partial charge in [-0.15, -0.1) is 0 Å². The maximum absolute atomic E-state index is 4.44. The van der Waals surface area contributed by atoms with Crippen LogP contribution >= 0.6 is 0 Å². The molecule has 21 heavy (non-hydrogen) atoms. The normalized spacial score (nSPS) is 19.9. The zero-order valence-electron chi connectivity index (χ0n) is 14.1. The summed E-state index contributed by atoms with van der Waals surface area (Å²) in [4.78, 5) is 6.90. The molecule has 1 aromatic rings. The number of nitrogens with zero attached hydrogens (tertiary/aromatic N) is 4. The minimum absolute atomic E-state index is 0.249. The molecule has 0 amide bonds. The van der Waals surface area contributed by atoms with Crippen molar-refractivity contribution in [1.82, 2.24) is 25.0 Å². The Balaban J connectivity index is 2.21. The molecule has 0 aromatic carbocycles. The smallest absolute Gasteiger partial charge is 0.138 e. The molecule has 1 fully saturated rings. The largest absolute Gasteiger partial charge is 0.312 e. The zero-order chi connectivity index (χ0) is 15.3. The summed E-state index contributed by atoms with van der Waals surface area (Å²) in [6.45, 7) is 3.30. The lowest BCUT2D eigenvalue weighted by atomic mass is 9.74. The van der Waals surface area contributed by atoms with E-state index in [1.165, 1.54) is 38.5 Å². The Kier molecular flexibility index (Phi) is 5.76. The highest BCUT2D eigenvalue weighted by molar-refractivity contribution is 5.05. The van der Waals surface area contributed by atoms with Crippen LogP contribution in [0.1, 0.15) is 51.3 Å². The first kappa shape index (κ1) is 16.4. The lowest BCUT2D eigenvalue weighted by Gasteiger charge is -2.49. The fraction of sp³-hybridized carbons (Fsp3) is 0.875. The third-order valence-electron chi connectivity index (χ3n) is 5.09. The Bertz CT molecular complexity index is 420. The van der Waals surface area contributed by atoms with Crippen molar-refractivity contribution < 1.29 is 0 Å². The van der Waals surface area contributed by atoms with E-state index in [4.69, 9.17) is 0 Å². The first-order valence-corrected chi connectivity index (χ1v) is 8.34. The molecule has 1 N–H and O–H groups in total. The van der Waals surface area contributed by atoms with Gasteiger partial charge in [0.2, 0.25) is 0 Å². The van der Waals surface area contributed by atoms with E-state index in [1.807, 2.05) is 11.7 Å². The molecule has 0 saturated heterocycles. The van der Waals surface area contributed by atoms with Gasteiger partial charge in [0.05, 0.1) is 0 Å². The summed E-state index contributed by atoms with van der Waals surface area (Å²) in [6, 6.07) is 0.440. The van der Waals surface area contributed by atoms with Crippen LogP contribution in [0.4, 0.5) is 0 Å². The van der Waals surface area contributed by atoms with E-state index in [0.717, 1.165) is 18.8 Å². The predicted octanol–water partition coefficient (Wildman–Crippen LogP) is 1.99. The fourth-order valence-electron chi connectivity index (χ4n) is 3.73. The maximum atomic E-state index is 4.44. The van der Waals surface area contributed by atoms with E-state index in [1.54, 1.807) is 6.33 Å². The number of aryl methyl sites for hydroxylation is 1. The third-order valence-corrected chi connectivity index (χ3v) is 5.09. The molecule has 1 saturated carbocycles. The first-order chi connectivity index (χ1) is 10.1. The Morgan fingerprint density at radius 1 is 1.33 bits per heavy atom. The van der Waals surface area contributed by atoms with Crippen LogP contribution in [0.3, 0.4) is 0 Å². The quantitative estimate of drug-likeness (QED) is 0.835. The Morgan fingerprint density at radius 3 is 2.57 bits per heavy atom. The second kappa shape index (κ2) is 7.36. The van der Waals surface area contributed by atoms with Gasteiger partial charge in [0, 0.05) is 25.0 Å². The van der Waals surface area contributed by atoms with Gasteiger partial charge in [-0.3, -0.25) is 4.68 Å². The highest BCUT2D eigenvalue weighted by atomic mass is 15.3. The van der Waals surface area contributed by atoms with Gasteiger partial charge in [-0.25, -0.2) is 4.98 Å². The van der Waals surface area contributed by atoms with Gasteiger partial charge in [-0.05, 0) is 39.9 Å². The van der Waals surface area contributed by atoms with Gasteiger partial charge < -0.3 is 10.2 Å². The summed E-state index contributed by atoms with van der Waals surface area (Å²) in [5, 5.41) is 8.03. The van der Waals surface area contributed by atoms with Crippen LogP contribution in [0, 0.1) is 0 Å². The van der Waals surface area contributed by atoms with Gasteiger partial charge in [0.25, 0.3) is 0 Å². The van der Waals surface area contributed by atoms with Crippen molar-refractivity contribution in [3.05, 3.63) is 12.2 Å². The molecule has 1 atom stereocenters. The molecular weight excluding hydrogens is 262 g/mol. The Hall–Kier alpha value is -0.940. The summed E-state index contributed by atoms with van der Waals surface area (Å²) in [6.07, 6.45) is 10.4. The lowest BCUT2D eigenvalue weighted by molar-refractivity contribution is 0.0558. The molecule has 0 bridgehead atoms. The summed E-state index contributed by atoms with van der Waals surface area (Å²) in [5.74, 6) is 1.08. The summed E-state index contributed by atoms with van der Waals surface area (Å²) < 4.78 is 1.91. The van der Waals surface area contributed by atoms with Crippen molar-refractivity contribution >= 4 is 0 Å². The highest BCUT2D eigenvalue weighted by Gasteiger charge is 2.41. The van der Waals surface area contributed by atoms with Gasteiger partial charge in [0.15, 0.2) is 0 Å². The number of likely N-dealkylation sites (N-methyl/N-ethyl adjacent to an activating group) is 1. The molecule has 5 heteroatoms. The van der Waals surface area contributed by atoms with Gasteiger partial charge in [0.1, 0.15) is 12.2 Å². The highest BCUT2D eigenvalue weighted by Crippen LogP contribution is 2.36. The van der Waals surface area contributed by atoms with Crippen LogP contribution in [0.15, 0.2) is 6.33 Å². The molecule has 1 heterocycles. The second-order valence-corrected chi connectivity index (χ2v) is 6.57. The van der Waals surface area contributed by atoms with E-state index >= 15 is 0 Å². The van der Waals surface area contributed by atoms with E-state index in [9.17, 15) is 0 Å². The molecule has 1 aliphatic carbocycles. The molecule has 0 radical (unpaired) electrons. The van der Waals surface area contributed by atoms with Crippen molar-refractivity contribution in [2.24, 2.45) is 7.05 Å². The predicted molar refractivity (Wildman–Crippen MR) is 86.3 cm³/mol.